The maximum Gasteiger partial charge on any atom is 0.270 e. The summed E-state index contributed by atoms with van der Waals surface area (Å²) in [5, 5.41) is 2.93. The minimum atomic E-state index is -0.555. The van der Waals surface area contributed by atoms with Crippen LogP contribution in [-0.2, 0) is 0 Å². The molecule has 0 radical (unpaired) electrons. The lowest BCUT2D eigenvalue weighted by molar-refractivity contribution is 0.0918. The summed E-state index contributed by atoms with van der Waals surface area (Å²) in [6, 6.07) is 3.41. The van der Waals surface area contributed by atoms with Crippen molar-refractivity contribution in [3.8, 4) is 0 Å². The zero-order valence-corrected chi connectivity index (χ0v) is 11.9. The first-order chi connectivity index (χ1) is 9.06. The summed E-state index contributed by atoms with van der Waals surface area (Å²) < 4.78 is 0. The molecule has 0 unspecified atom stereocenters. The molecule has 2 rings (SSSR count). The molecule has 1 aliphatic carbocycles. The Bertz CT molecular complexity index is 470. The maximum absolute atomic E-state index is 12.0. The third-order valence-electron chi connectivity index (χ3n) is 3.39. The number of hydrogen-bond acceptors (Lipinski definition) is 4. The van der Waals surface area contributed by atoms with Crippen LogP contribution < -0.4 is 16.8 Å². The lowest BCUT2D eigenvalue weighted by Gasteiger charge is -2.26. The molecular formula is C13H19ClN4O2. The fourth-order valence-corrected chi connectivity index (χ4v) is 2.20. The van der Waals surface area contributed by atoms with Crippen molar-refractivity contribution in [1.29, 1.82) is 0 Å². The molecule has 1 fully saturated rings. The molecule has 1 heterocycles. The summed E-state index contributed by atoms with van der Waals surface area (Å²) in [7, 11) is 0. The van der Waals surface area contributed by atoms with Crippen LogP contribution in [0, 0.1) is 0 Å². The second-order valence-corrected chi connectivity index (χ2v) is 4.88. The van der Waals surface area contributed by atoms with Gasteiger partial charge in [0.05, 0.1) is 5.56 Å². The van der Waals surface area contributed by atoms with Crippen molar-refractivity contribution in [3.05, 3.63) is 29.6 Å². The summed E-state index contributed by atoms with van der Waals surface area (Å²) in [5.74, 6) is -0.780. The zero-order chi connectivity index (χ0) is 13.8. The Kier molecular flexibility index (Phi) is 5.91. The van der Waals surface area contributed by atoms with Crippen LogP contribution in [0.5, 0.6) is 0 Å². The monoisotopic (exact) mass is 298 g/mol. The first-order valence-corrected chi connectivity index (χ1v) is 6.38. The number of nitrogens with one attached hydrogen (secondary N) is 1. The van der Waals surface area contributed by atoms with Gasteiger partial charge in [0, 0.05) is 18.3 Å². The molecule has 1 aromatic heterocycles. The Balaban J connectivity index is 0.00000200. The summed E-state index contributed by atoms with van der Waals surface area (Å²) in [6.45, 7) is 0. The molecule has 0 saturated heterocycles. The van der Waals surface area contributed by atoms with Crippen LogP contribution in [0.3, 0.4) is 0 Å². The number of aromatic nitrogens is 1. The molecule has 1 aromatic rings. The minimum absolute atomic E-state index is 0. The van der Waals surface area contributed by atoms with E-state index in [9.17, 15) is 9.59 Å². The Morgan fingerprint density at radius 3 is 2.35 bits per heavy atom. The smallest absolute Gasteiger partial charge is 0.270 e. The fourth-order valence-electron chi connectivity index (χ4n) is 2.20. The Morgan fingerprint density at radius 1 is 1.20 bits per heavy atom. The third-order valence-corrected chi connectivity index (χ3v) is 3.39. The fraction of sp³-hybridized carbons (Fsp3) is 0.462. The molecule has 110 valence electrons. The van der Waals surface area contributed by atoms with Gasteiger partial charge >= 0.3 is 0 Å². The SMILES string of the molecule is Cl.NC(=O)c1ccc(C(=O)NC2CCC(N)CC2)nc1. The van der Waals surface area contributed by atoms with Gasteiger partial charge in [0.25, 0.3) is 5.91 Å². The van der Waals surface area contributed by atoms with E-state index in [0.717, 1.165) is 25.7 Å². The number of nitrogens with zero attached hydrogens (tertiary/aromatic N) is 1. The number of primary amides is 1. The molecule has 20 heavy (non-hydrogen) atoms. The van der Waals surface area contributed by atoms with Crippen molar-refractivity contribution >= 4 is 24.2 Å². The summed E-state index contributed by atoms with van der Waals surface area (Å²) in [5.41, 5.74) is 11.5. The predicted molar refractivity (Wildman–Crippen MR) is 77.7 cm³/mol. The number of carbonyl (C=O) groups is 2. The van der Waals surface area contributed by atoms with Crippen LogP contribution in [0.2, 0.25) is 0 Å². The van der Waals surface area contributed by atoms with Gasteiger partial charge in [0.1, 0.15) is 5.69 Å². The highest BCUT2D eigenvalue weighted by atomic mass is 35.5. The number of rotatable bonds is 3. The normalized spacial score (nSPS) is 21.6. The van der Waals surface area contributed by atoms with Gasteiger partial charge in [-0.1, -0.05) is 0 Å². The van der Waals surface area contributed by atoms with Crippen molar-refractivity contribution in [1.82, 2.24) is 10.3 Å². The number of nitrogens with two attached hydrogens (primary N) is 2. The van der Waals surface area contributed by atoms with E-state index in [1.807, 2.05) is 0 Å². The van der Waals surface area contributed by atoms with E-state index < -0.39 is 5.91 Å². The quantitative estimate of drug-likeness (QED) is 0.758. The average Bonchev–Trinajstić information content (AvgIpc) is 2.41. The number of pyridine rings is 1. The molecule has 5 N–H and O–H groups in total. The van der Waals surface area contributed by atoms with Gasteiger partial charge in [0.2, 0.25) is 5.91 Å². The first-order valence-electron chi connectivity index (χ1n) is 6.38. The average molecular weight is 299 g/mol. The van der Waals surface area contributed by atoms with Crippen molar-refractivity contribution in [2.24, 2.45) is 11.5 Å². The van der Waals surface area contributed by atoms with Crippen LogP contribution in [-0.4, -0.2) is 28.9 Å². The molecule has 0 spiro atoms. The van der Waals surface area contributed by atoms with Gasteiger partial charge in [-0.05, 0) is 37.8 Å². The van der Waals surface area contributed by atoms with E-state index in [-0.39, 0.29) is 30.4 Å². The lowest BCUT2D eigenvalue weighted by atomic mass is 9.92. The minimum Gasteiger partial charge on any atom is -0.366 e. The third kappa shape index (κ3) is 4.18. The van der Waals surface area contributed by atoms with Gasteiger partial charge < -0.3 is 16.8 Å². The molecule has 7 heteroatoms. The number of amides is 2. The largest absolute Gasteiger partial charge is 0.366 e. The van der Waals surface area contributed by atoms with Crippen molar-refractivity contribution in [2.45, 2.75) is 37.8 Å². The summed E-state index contributed by atoms with van der Waals surface area (Å²) >= 11 is 0. The Hall–Kier alpha value is -1.66. The Labute approximate surface area is 123 Å². The van der Waals surface area contributed by atoms with E-state index in [1.165, 1.54) is 18.3 Å². The molecular weight excluding hydrogens is 280 g/mol. The van der Waals surface area contributed by atoms with Crippen LogP contribution in [0.1, 0.15) is 46.5 Å². The van der Waals surface area contributed by atoms with E-state index in [4.69, 9.17) is 11.5 Å². The van der Waals surface area contributed by atoms with Gasteiger partial charge in [-0.2, -0.15) is 0 Å². The molecule has 0 aromatic carbocycles. The molecule has 1 saturated carbocycles. The number of hydrogen-bond donors (Lipinski definition) is 3. The van der Waals surface area contributed by atoms with Crippen LogP contribution in [0.15, 0.2) is 18.3 Å². The van der Waals surface area contributed by atoms with Gasteiger partial charge in [-0.15, -0.1) is 12.4 Å². The topological polar surface area (TPSA) is 111 Å². The van der Waals surface area contributed by atoms with E-state index >= 15 is 0 Å². The highest BCUT2D eigenvalue weighted by molar-refractivity contribution is 5.95. The number of halogens is 1. The standard InChI is InChI=1S/C13H18N4O2.ClH/c14-9-2-4-10(5-3-9)17-13(19)11-6-1-8(7-16-11)12(15)18;/h1,6-7,9-10H,2-5,14H2,(H2,15,18)(H,17,19);1H. The molecule has 2 amide bonds. The van der Waals surface area contributed by atoms with Gasteiger partial charge in [0.15, 0.2) is 0 Å². The molecule has 0 bridgehead atoms. The molecule has 1 aliphatic rings. The highest BCUT2D eigenvalue weighted by Gasteiger charge is 2.20. The second kappa shape index (κ2) is 7.21. The summed E-state index contributed by atoms with van der Waals surface area (Å²) in [6.07, 6.45) is 4.96. The van der Waals surface area contributed by atoms with E-state index in [1.54, 1.807) is 0 Å². The highest BCUT2D eigenvalue weighted by Crippen LogP contribution is 2.17. The predicted octanol–water partition coefficient (Wildman–Crippen LogP) is 0.602. The lowest BCUT2D eigenvalue weighted by Crippen LogP contribution is -2.40. The van der Waals surface area contributed by atoms with E-state index in [2.05, 4.69) is 10.3 Å². The maximum atomic E-state index is 12.0. The van der Waals surface area contributed by atoms with Crippen molar-refractivity contribution in [3.63, 3.8) is 0 Å². The first kappa shape index (κ1) is 16.4. The number of carbonyl (C=O) groups excluding carboxylic acids is 2. The second-order valence-electron chi connectivity index (χ2n) is 4.88. The van der Waals surface area contributed by atoms with Crippen LogP contribution in [0.4, 0.5) is 0 Å². The van der Waals surface area contributed by atoms with Gasteiger partial charge in [-0.3, -0.25) is 14.6 Å². The zero-order valence-electron chi connectivity index (χ0n) is 11.0. The van der Waals surface area contributed by atoms with Crippen LogP contribution >= 0.6 is 12.4 Å². The van der Waals surface area contributed by atoms with Crippen molar-refractivity contribution < 1.29 is 9.59 Å². The molecule has 0 aliphatic heterocycles. The van der Waals surface area contributed by atoms with Crippen LogP contribution in [0.25, 0.3) is 0 Å². The van der Waals surface area contributed by atoms with Gasteiger partial charge in [-0.25, -0.2) is 0 Å². The van der Waals surface area contributed by atoms with E-state index in [0.29, 0.717) is 11.3 Å². The Morgan fingerprint density at radius 2 is 1.85 bits per heavy atom. The summed E-state index contributed by atoms with van der Waals surface area (Å²) in [4.78, 5) is 26.8. The molecule has 0 atom stereocenters. The molecule has 6 nitrogen and oxygen atoms in total. The van der Waals surface area contributed by atoms with Crippen molar-refractivity contribution in [2.75, 3.05) is 0 Å².